The Hall–Kier alpha value is -1.07. The first-order chi connectivity index (χ1) is 4.63. The van der Waals surface area contributed by atoms with Gasteiger partial charge in [0.1, 0.15) is 0 Å². The van der Waals surface area contributed by atoms with Crippen molar-refractivity contribution in [3.63, 3.8) is 0 Å². The van der Waals surface area contributed by atoms with E-state index in [9.17, 15) is 9.59 Å². The zero-order valence-electron chi connectivity index (χ0n) is 5.35. The minimum Gasteiger partial charge on any atom is -0.478 e. The predicted molar refractivity (Wildman–Crippen MR) is 33.6 cm³/mol. The maximum Gasteiger partial charge on any atom is 0.328 e. The SMILES string of the molecule is O=C(O)/C=C\C=C\C(=O)O.[Co]. The van der Waals surface area contributed by atoms with Gasteiger partial charge < -0.3 is 10.2 Å². The summed E-state index contributed by atoms with van der Waals surface area (Å²) in [4.78, 5) is 19.6. The molecule has 0 spiro atoms. The summed E-state index contributed by atoms with van der Waals surface area (Å²) in [5.41, 5.74) is 0. The molecule has 0 bridgehead atoms. The van der Waals surface area contributed by atoms with Crippen LogP contribution in [0, 0.1) is 0 Å². The van der Waals surface area contributed by atoms with Crippen LogP contribution in [0.5, 0.6) is 0 Å². The van der Waals surface area contributed by atoms with E-state index in [1.807, 2.05) is 0 Å². The molecule has 0 heterocycles. The molecule has 0 aromatic rings. The van der Waals surface area contributed by atoms with Crippen molar-refractivity contribution in [2.24, 2.45) is 0 Å². The average molecular weight is 201 g/mol. The molecule has 4 nitrogen and oxygen atoms in total. The fourth-order valence-electron chi connectivity index (χ4n) is 0.276. The summed E-state index contributed by atoms with van der Waals surface area (Å²) < 4.78 is 0. The van der Waals surface area contributed by atoms with Crippen molar-refractivity contribution in [1.29, 1.82) is 0 Å². The standard InChI is InChI=1S/C6H6O4.Co/c7-5(8)3-1-2-4-6(9)10;/h1-4H,(H,7,8)(H,9,10);/b3-1-,4-2+;. The molecule has 0 aromatic heterocycles. The molecular formula is C6H6CoO4. The largest absolute Gasteiger partial charge is 0.478 e. The number of allylic oxidation sites excluding steroid dienone is 2. The summed E-state index contributed by atoms with van der Waals surface area (Å²) in [7, 11) is 0. The molecule has 0 aliphatic heterocycles. The second-order valence-electron chi connectivity index (χ2n) is 1.39. The molecule has 0 saturated carbocycles. The van der Waals surface area contributed by atoms with Gasteiger partial charge in [0.2, 0.25) is 0 Å². The average Bonchev–Trinajstić information content (AvgIpc) is 1.79. The van der Waals surface area contributed by atoms with Crippen LogP contribution in [0.3, 0.4) is 0 Å². The Balaban J connectivity index is 0. The van der Waals surface area contributed by atoms with E-state index in [0.29, 0.717) is 0 Å². The van der Waals surface area contributed by atoms with E-state index in [4.69, 9.17) is 10.2 Å². The molecule has 2 N–H and O–H groups in total. The van der Waals surface area contributed by atoms with E-state index in [1.165, 1.54) is 0 Å². The number of hydrogen-bond donors (Lipinski definition) is 2. The van der Waals surface area contributed by atoms with Gasteiger partial charge in [0, 0.05) is 28.9 Å². The van der Waals surface area contributed by atoms with Gasteiger partial charge in [-0.25, -0.2) is 9.59 Å². The van der Waals surface area contributed by atoms with Gasteiger partial charge in [-0.3, -0.25) is 0 Å². The van der Waals surface area contributed by atoms with Gasteiger partial charge in [0.05, 0.1) is 0 Å². The van der Waals surface area contributed by atoms with Gasteiger partial charge >= 0.3 is 11.9 Å². The van der Waals surface area contributed by atoms with E-state index >= 15 is 0 Å². The third-order valence-corrected chi connectivity index (χ3v) is 0.589. The first kappa shape index (κ1) is 12.6. The minimum absolute atomic E-state index is 0. The second-order valence-corrected chi connectivity index (χ2v) is 1.39. The van der Waals surface area contributed by atoms with Crippen LogP contribution in [0.15, 0.2) is 24.3 Å². The van der Waals surface area contributed by atoms with Gasteiger partial charge in [-0.2, -0.15) is 0 Å². The van der Waals surface area contributed by atoms with Crippen LogP contribution >= 0.6 is 0 Å². The molecule has 0 aliphatic carbocycles. The van der Waals surface area contributed by atoms with Crippen molar-refractivity contribution in [2.45, 2.75) is 0 Å². The van der Waals surface area contributed by atoms with Crippen LogP contribution in [0.1, 0.15) is 0 Å². The maximum atomic E-state index is 9.78. The predicted octanol–water partition coefficient (Wildman–Crippen LogP) is 0.266. The fraction of sp³-hybridized carbons (Fsp3) is 0. The van der Waals surface area contributed by atoms with Crippen LogP contribution in [0.25, 0.3) is 0 Å². The molecule has 0 amide bonds. The van der Waals surface area contributed by atoms with Crippen molar-refractivity contribution < 1.29 is 36.6 Å². The van der Waals surface area contributed by atoms with E-state index < -0.39 is 11.9 Å². The first-order valence-corrected chi connectivity index (χ1v) is 2.43. The number of rotatable bonds is 3. The normalized spacial score (nSPS) is 9.82. The number of aliphatic carboxylic acids is 2. The Labute approximate surface area is 73.4 Å². The topological polar surface area (TPSA) is 74.6 Å². The van der Waals surface area contributed by atoms with Crippen LogP contribution in [0.4, 0.5) is 0 Å². The maximum absolute atomic E-state index is 9.78. The van der Waals surface area contributed by atoms with Crippen LogP contribution in [-0.2, 0) is 26.4 Å². The van der Waals surface area contributed by atoms with Crippen molar-refractivity contribution >= 4 is 11.9 Å². The summed E-state index contributed by atoms with van der Waals surface area (Å²) in [5.74, 6) is -2.20. The first-order valence-electron chi connectivity index (χ1n) is 2.43. The minimum atomic E-state index is -1.10. The molecule has 0 aromatic carbocycles. The summed E-state index contributed by atoms with van der Waals surface area (Å²) in [6.45, 7) is 0. The Morgan fingerprint density at radius 3 is 1.36 bits per heavy atom. The number of carboxylic acids is 2. The smallest absolute Gasteiger partial charge is 0.328 e. The molecule has 5 heteroatoms. The van der Waals surface area contributed by atoms with E-state index in [1.54, 1.807) is 0 Å². The van der Waals surface area contributed by atoms with Gasteiger partial charge in [0.25, 0.3) is 0 Å². The molecule has 0 aliphatic rings. The molecule has 0 rings (SSSR count). The Kier molecular flexibility index (Phi) is 8.06. The van der Waals surface area contributed by atoms with E-state index in [-0.39, 0.29) is 16.8 Å². The molecule has 11 heavy (non-hydrogen) atoms. The van der Waals surface area contributed by atoms with Crippen molar-refractivity contribution in [2.75, 3.05) is 0 Å². The number of carbonyl (C=O) groups is 2. The van der Waals surface area contributed by atoms with Crippen LogP contribution in [0.2, 0.25) is 0 Å². The molecule has 0 fully saturated rings. The second kappa shape index (κ2) is 7.04. The number of hydrogen-bond acceptors (Lipinski definition) is 2. The zero-order chi connectivity index (χ0) is 7.98. The van der Waals surface area contributed by atoms with Gasteiger partial charge in [-0.15, -0.1) is 0 Å². The molecule has 63 valence electrons. The molecule has 0 unspecified atom stereocenters. The Morgan fingerprint density at radius 1 is 0.909 bits per heavy atom. The monoisotopic (exact) mass is 201 g/mol. The summed E-state index contributed by atoms with van der Waals surface area (Å²) in [5, 5.41) is 16.0. The third-order valence-electron chi connectivity index (χ3n) is 0.589. The van der Waals surface area contributed by atoms with Gasteiger partial charge in [-0.1, -0.05) is 12.2 Å². The van der Waals surface area contributed by atoms with Crippen LogP contribution in [-0.4, -0.2) is 22.2 Å². The summed E-state index contributed by atoms with van der Waals surface area (Å²) in [6.07, 6.45) is 3.96. The third kappa shape index (κ3) is 12.2. The molecule has 0 saturated heterocycles. The van der Waals surface area contributed by atoms with E-state index in [2.05, 4.69) is 0 Å². The van der Waals surface area contributed by atoms with Gasteiger partial charge in [-0.05, 0) is 0 Å². The van der Waals surface area contributed by atoms with Crippen molar-refractivity contribution in [3.8, 4) is 0 Å². The van der Waals surface area contributed by atoms with Crippen molar-refractivity contribution in [3.05, 3.63) is 24.3 Å². The van der Waals surface area contributed by atoms with Crippen molar-refractivity contribution in [1.82, 2.24) is 0 Å². The Bertz CT molecular complexity index is 173. The fourth-order valence-corrected chi connectivity index (χ4v) is 0.276. The molecule has 0 atom stereocenters. The molecule has 1 radical (unpaired) electrons. The quantitative estimate of drug-likeness (QED) is 0.507. The van der Waals surface area contributed by atoms with E-state index in [0.717, 1.165) is 24.3 Å². The zero-order valence-corrected chi connectivity index (χ0v) is 6.39. The summed E-state index contributed by atoms with van der Waals surface area (Å²) in [6, 6.07) is 0. The van der Waals surface area contributed by atoms with Gasteiger partial charge in [0.15, 0.2) is 0 Å². The Morgan fingerprint density at radius 2 is 1.18 bits per heavy atom. The number of carboxylic acid groups (broad SMARTS) is 2. The summed E-state index contributed by atoms with van der Waals surface area (Å²) >= 11 is 0. The van der Waals surface area contributed by atoms with Crippen LogP contribution < -0.4 is 0 Å². The molecular weight excluding hydrogens is 195 g/mol.